The molecule has 1 unspecified atom stereocenters. The number of furan rings is 1. The first-order valence-electron chi connectivity index (χ1n) is 13.6. The number of ketones is 1. The number of para-hydroxylation sites is 1. The van der Waals surface area contributed by atoms with Crippen LogP contribution in [0.25, 0.3) is 11.0 Å². The van der Waals surface area contributed by atoms with Gasteiger partial charge in [0.05, 0.1) is 25.3 Å². The molecule has 5 aromatic rings. The van der Waals surface area contributed by atoms with E-state index in [0.717, 1.165) is 12.0 Å². The first kappa shape index (κ1) is 28.5. The number of hydrogen-bond donors (Lipinski definition) is 1. The highest BCUT2D eigenvalue weighted by molar-refractivity contribution is 8.00. The van der Waals surface area contributed by atoms with E-state index in [1.165, 1.54) is 35.1 Å². The van der Waals surface area contributed by atoms with E-state index < -0.39 is 23.5 Å². The Hall–Kier alpha value is -4.61. The summed E-state index contributed by atoms with van der Waals surface area (Å²) in [6.45, 7) is 2.57. The molecule has 0 bridgehead atoms. The van der Waals surface area contributed by atoms with Crippen LogP contribution >= 0.6 is 23.1 Å². The third kappa shape index (κ3) is 5.61. The lowest BCUT2D eigenvalue weighted by molar-refractivity contribution is -0.117. The largest absolute Gasteiger partial charge is 0.503 e. The Morgan fingerprint density at radius 3 is 2.60 bits per heavy atom. The van der Waals surface area contributed by atoms with Crippen LogP contribution in [-0.2, 0) is 10.5 Å². The molecule has 0 radical (unpaired) electrons. The fourth-order valence-electron chi connectivity index (χ4n) is 4.84. The van der Waals surface area contributed by atoms with E-state index in [4.69, 9.17) is 13.9 Å². The topological polar surface area (TPSA) is 115 Å². The molecule has 0 saturated heterocycles. The number of thioether (sulfide) groups is 1. The van der Waals surface area contributed by atoms with Crippen LogP contribution in [-0.4, -0.2) is 40.7 Å². The van der Waals surface area contributed by atoms with Crippen LogP contribution in [0.1, 0.15) is 41.1 Å². The number of amides is 1. The van der Waals surface area contributed by atoms with Gasteiger partial charge in [-0.05, 0) is 41.8 Å². The molecule has 1 N–H and O–H groups in total. The lowest BCUT2D eigenvalue weighted by Gasteiger charge is -2.24. The smallest absolute Gasteiger partial charge is 0.296 e. The van der Waals surface area contributed by atoms with Crippen molar-refractivity contribution in [2.45, 2.75) is 29.5 Å². The number of anilines is 1. The van der Waals surface area contributed by atoms with Gasteiger partial charge in [-0.2, -0.15) is 0 Å². The molecule has 0 fully saturated rings. The molecular formula is C32H27N3O6S2. The van der Waals surface area contributed by atoms with Crippen molar-refractivity contribution >= 4 is 50.9 Å². The highest BCUT2D eigenvalue weighted by atomic mass is 32.2. The third-order valence-corrected chi connectivity index (χ3v) is 9.01. The molecule has 218 valence electrons. The molecule has 1 amide bonds. The second kappa shape index (κ2) is 12.3. The molecule has 43 heavy (non-hydrogen) atoms. The number of rotatable bonds is 11. The lowest BCUT2D eigenvalue weighted by Crippen LogP contribution is -2.31. The predicted octanol–water partition coefficient (Wildman–Crippen LogP) is 7.16. The Balaban J connectivity index is 1.37. The van der Waals surface area contributed by atoms with Crippen LogP contribution in [0.5, 0.6) is 11.5 Å². The average molecular weight is 614 g/mol. The number of hydrogen-bond acceptors (Lipinski definition) is 10. The van der Waals surface area contributed by atoms with Crippen molar-refractivity contribution in [3.63, 3.8) is 0 Å². The molecule has 1 atom stereocenters. The molecule has 1 aliphatic rings. The Kier molecular flexibility index (Phi) is 8.17. The van der Waals surface area contributed by atoms with Crippen molar-refractivity contribution < 1.29 is 28.6 Å². The number of benzene rings is 3. The van der Waals surface area contributed by atoms with Crippen molar-refractivity contribution in [1.29, 1.82) is 0 Å². The maximum atomic E-state index is 14.0. The van der Waals surface area contributed by atoms with Crippen molar-refractivity contribution in [2.75, 3.05) is 18.6 Å². The number of aromatic nitrogens is 2. The fourth-order valence-corrected chi connectivity index (χ4v) is 6.66. The summed E-state index contributed by atoms with van der Waals surface area (Å²) in [7, 11) is 1.51. The Morgan fingerprint density at radius 1 is 1.07 bits per heavy atom. The number of fused-ring (bicyclic) bond motifs is 1. The summed E-state index contributed by atoms with van der Waals surface area (Å²) in [6, 6.07) is 23.0. The Bertz CT molecular complexity index is 1810. The van der Waals surface area contributed by atoms with Crippen molar-refractivity contribution in [3.05, 3.63) is 107 Å². The minimum absolute atomic E-state index is 0.0278. The maximum Gasteiger partial charge on any atom is 0.296 e. The summed E-state index contributed by atoms with van der Waals surface area (Å²) in [5.74, 6) is -0.262. The van der Waals surface area contributed by atoms with E-state index in [-0.39, 0.29) is 16.5 Å². The second-order valence-corrected chi connectivity index (χ2v) is 11.9. The van der Waals surface area contributed by atoms with Gasteiger partial charge >= 0.3 is 0 Å². The van der Waals surface area contributed by atoms with E-state index in [1.807, 2.05) is 37.3 Å². The van der Waals surface area contributed by atoms with E-state index in [9.17, 15) is 14.7 Å². The van der Waals surface area contributed by atoms with Crippen LogP contribution in [0.2, 0.25) is 0 Å². The summed E-state index contributed by atoms with van der Waals surface area (Å²) in [4.78, 5) is 29.0. The zero-order valence-electron chi connectivity index (χ0n) is 23.4. The summed E-state index contributed by atoms with van der Waals surface area (Å²) < 4.78 is 17.7. The van der Waals surface area contributed by atoms with Gasteiger partial charge < -0.3 is 19.0 Å². The number of nitrogens with zero attached hydrogens (tertiary/aromatic N) is 3. The van der Waals surface area contributed by atoms with Gasteiger partial charge in [-0.25, -0.2) is 0 Å². The fraction of sp³-hybridized carbons (Fsp3) is 0.188. The monoisotopic (exact) mass is 613 g/mol. The van der Waals surface area contributed by atoms with Gasteiger partial charge in [0.2, 0.25) is 10.9 Å². The normalized spacial score (nSPS) is 15.0. The number of aliphatic hydroxyl groups excluding tert-OH is 1. The number of carbonyl (C=O) groups is 2. The summed E-state index contributed by atoms with van der Waals surface area (Å²) in [5, 5.41) is 20.7. The molecule has 2 aromatic heterocycles. The maximum absolute atomic E-state index is 14.0. The van der Waals surface area contributed by atoms with Crippen molar-refractivity contribution in [2.24, 2.45) is 0 Å². The van der Waals surface area contributed by atoms with Gasteiger partial charge in [0, 0.05) is 11.1 Å². The van der Waals surface area contributed by atoms with Gasteiger partial charge in [-0.1, -0.05) is 84.6 Å². The zero-order chi connectivity index (χ0) is 29.9. The van der Waals surface area contributed by atoms with Crippen molar-refractivity contribution in [1.82, 2.24) is 10.2 Å². The van der Waals surface area contributed by atoms with Crippen LogP contribution in [0.15, 0.2) is 99.0 Å². The molecular weight excluding hydrogens is 587 g/mol. The highest BCUT2D eigenvalue weighted by Crippen LogP contribution is 2.44. The van der Waals surface area contributed by atoms with E-state index >= 15 is 0 Å². The predicted molar refractivity (Wildman–Crippen MR) is 165 cm³/mol. The Labute approximate surface area is 255 Å². The average Bonchev–Trinajstić information content (AvgIpc) is 3.76. The van der Waals surface area contributed by atoms with E-state index in [1.54, 1.807) is 48.5 Å². The second-order valence-electron chi connectivity index (χ2n) is 9.70. The van der Waals surface area contributed by atoms with Crippen LogP contribution < -0.4 is 14.4 Å². The zero-order valence-corrected chi connectivity index (χ0v) is 25.0. The molecule has 9 nitrogen and oxygen atoms in total. The van der Waals surface area contributed by atoms with Gasteiger partial charge in [0.1, 0.15) is 5.75 Å². The Morgan fingerprint density at radius 2 is 1.86 bits per heavy atom. The molecule has 0 aliphatic carbocycles. The first-order valence-corrected chi connectivity index (χ1v) is 15.4. The van der Waals surface area contributed by atoms with Gasteiger partial charge in [-0.15, -0.1) is 10.2 Å². The number of aliphatic hydroxyl groups is 1. The lowest BCUT2D eigenvalue weighted by atomic mass is 9.95. The highest BCUT2D eigenvalue weighted by Gasteiger charge is 2.47. The van der Waals surface area contributed by atoms with Crippen LogP contribution in [0.4, 0.5) is 5.13 Å². The molecule has 3 heterocycles. The number of methoxy groups -OCH3 is 1. The molecule has 0 spiro atoms. The molecule has 3 aromatic carbocycles. The van der Waals surface area contributed by atoms with Gasteiger partial charge in [-0.3, -0.25) is 14.5 Å². The quantitative estimate of drug-likeness (QED) is 0.0941. The third-order valence-electron chi connectivity index (χ3n) is 6.88. The van der Waals surface area contributed by atoms with Gasteiger partial charge in [0.25, 0.3) is 5.91 Å². The van der Waals surface area contributed by atoms with E-state index in [2.05, 4.69) is 10.2 Å². The molecule has 0 saturated carbocycles. The SMILES string of the molecule is CCCOc1ccc(C2C(C(=O)c3cc4cccc(OC)c4o3)=C(O)C(=O)N2c2nnc(SCc3ccccc3)s2)cc1. The summed E-state index contributed by atoms with van der Waals surface area (Å²) in [6.07, 6.45) is 0.853. The summed E-state index contributed by atoms with van der Waals surface area (Å²) in [5.41, 5.74) is 2.00. The minimum atomic E-state index is -0.977. The standard InChI is InChI=1S/C32H27N3O6S2/c1-3-16-40-22-14-12-20(13-15-22)26-25(27(36)24-17-21-10-7-11-23(39-2)29(21)41-24)28(37)30(38)35(26)31-33-34-32(43-31)42-18-19-8-5-4-6-9-19/h4-15,17,26,37H,3,16,18H2,1-2H3. The minimum Gasteiger partial charge on any atom is -0.503 e. The first-order chi connectivity index (χ1) is 21.0. The number of carbonyl (C=O) groups excluding carboxylic acids is 2. The van der Waals surface area contributed by atoms with Crippen LogP contribution in [0, 0.1) is 0 Å². The molecule has 11 heteroatoms. The van der Waals surface area contributed by atoms with Crippen LogP contribution in [0.3, 0.4) is 0 Å². The number of Topliss-reactive ketones (excluding diaryl/α,β-unsaturated/α-hetero) is 1. The summed E-state index contributed by atoms with van der Waals surface area (Å²) >= 11 is 2.71. The van der Waals surface area contributed by atoms with E-state index in [0.29, 0.717) is 44.7 Å². The van der Waals surface area contributed by atoms with Crippen molar-refractivity contribution in [3.8, 4) is 11.5 Å². The van der Waals surface area contributed by atoms with Gasteiger partial charge in [0.15, 0.2) is 27.2 Å². The molecule has 1 aliphatic heterocycles. The molecule has 6 rings (SSSR count). The number of ether oxygens (including phenoxy) is 2.